The fourth-order valence-corrected chi connectivity index (χ4v) is 3.53. The number of methoxy groups -OCH3 is 1. The molecule has 0 unspecified atom stereocenters. The highest BCUT2D eigenvalue weighted by atomic mass is 16.5. The zero-order chi connectivity index (χ0) is 22.0. The molecule has 0 spiro atoms. The van der Waals surface area contributed by atoms with E-state index in [1.165, 1.54) is 6.33 Å². The maximum absolute atomic E-state index is 9.46. The highest BCUT2D eigenvalue weighted by Gasteiger charge is 2.12. The lowest BCUT2D eigenvalue weighted by Gasteiger charge is -2.12. The molecule has 156 valence electrons. The van der Waals surface area contributed by atoms with E-state index in [-0.39, 0.29) is 0 Å². The molecule has 0 saturated carbocycles. The molecule has 9 nitrogen and oxygen atoms in total. The van der Waals surface area contributed by atoms with Crippen molar-refractivity contribution in [3.63, 3.8) is 0 Å². The summed E-state index contributed by atoms with van der Waals surface area (Å²) in [5, 5.41) is 18.2. The van der Waals surface area contributed by atoms with Gasteiger partial charge < -0.3 is 15.8 Å². The maximum atomic E-state index is 9.46. The number of anilines is 2. The molecule has 0 atom stereocenters. The standard InChI is InChI=1S/C22H22N8O/c1-13-6-20(24)28-14(2)18(13)9-25-21-19-11-30(29-22(19)27-12-26-21)10-15-4-5-17(31-3)7-16(15)8-23/h4-7,11-12H,9-10H2,1-3H3,(H2,24,28)(H,25,26,27,29). The van der Waals surface area contributed by atoms with Crippen LogP contribution in [-0.2, 0) is 13.1 Å². The lowest BCUT2D eigenvalue weighted by Crippen LogP contribution is -2.08. The first-order chi connectivity index (χ1) is 15.0. The minimum absolute atomic E-state index is 0.433. The first-order valence-electron chi connectivity index (χ1n) is 9.70. The number of rotatable bonds is 6. The normalized spacial score (nSPS) is 10.8. The maximum Gasteiger partial charge on any atom is 0.186 e. The van der Waals surface area contributed by atoms with Gasteiger partial charge in [0.1, 0.15) is 23.7 Å². The van der Waals surface area contributed by atoms with Gasteiger partial charge in [0.05, 0.1) is 30.7 Å². The van der Waals surface area contributed by atoms with Gasteiger partial charge in [-0.2, -0.15) is 10.4 Å². The molecule has 0 fully saturated rings. The van der Waals surface area contributed by atoms with Crippen LogP contribution in [0.1, 0.15) is 27.9 Å². The SMILES string of the molecule is COc1ccc(Cn2cc3c(NCc4c(C)cc(N)nc4C)ncnc3n2)c(C#N)c1. The number of aromatic nitrogens is 5. The van der Waals surface area contributed by atoms with Crippen LogP contribution in [0.3, 0.4) is 0 Å². The lowest BCUT2D eigenvalue weighted by atomic mass is 10.1. The van der Waals surface area contributed by atoms with E-state index in [4.69, 9.17) is 10.5 Å². The van der Waals surface area contributed by atoms with Crippen LogP contribution in [0.25, 0.3) is 11.0 Å². The monoisotopic (exact) mass is 414 g/mol. The van der Waals surface area contributed by atoms with E-state index in [1.54, 1.807) is 17.9 Å². The van der Waals surface area contributed by atoms with Crippen LogP contribution in [0, 0.1) is 25.2 Å². The largest absolute Gasteiger partial charge is 0.497 e. The van der Waals surface area contributed by atoms with Crippen molar-refractivity contribution in [3.05, 3.63) is 64.7 Å². The molecule has 3 aromatic heterocycles. The van der Waals surface area contributed by atoms with E-state index in [0.29, 0.717) is 41.7 Å². The van der Waals surface area contributed by atoms with Crippen molar-refractivity contribution in [3.8, 4) is 11.8 Å². The zero-order valence-corrected chi connectivity index (χ0v) is 17.5. The van der Waals surface area contributed by atoms with Crippen molar-refractivity contribution < 1.29 is 4.74 Å². The van der Waals surface area contributed by atoms with Gasteiger partial charge in [-0.05, 0) is 48.7 Å². The van der Waals surface area contributed by atoms with Crippen LogP contribution < -0.4 is 15.8 Å². The number of ether oxygens (including phenoxy) is 1. The molecule has 3 N–H and O–H groups in total. The summed E-state index contributed by atoms with van der Waals surface area (Å²) in [5.41, 5.74) is 10.8. The molecule has 0 radical (unpaired) electrons. The molecule has 9 heteroatoms. The van der Waals surface area contributed by atoms with Gasteiger partial charge in [0.25, 0.3) is 0 Å². The molecule has 1 aromatic carbocycles. The van der Waals surface area contributed by atoms with Crippen LogP contribution >= 0.6 is 0 Å². The first-order valence-corrected chi connectivity index (χ1v) is 9.70. The number of benzene rings is 1. The average Bonchev–Trinajstić information content (AvgIpc) is 3.16. The Labute approximate surface area is 179 Å². The van der Waals surface area contributed by atoms with E-state index in [0.717, 1.165) is 27.8 Å². The van der Waals surface area contributed by atoms with Gasteiger partial charge in [0.2, 0.25) is 0 Å². The second-order valence-electron chi connectivity index (χ2n) is 7.20. The summed E-state index contributed by atoms with van der Waals surface area (Å²) in [5.74, 6) is 1.84. The summed E-state index contributed by atoms with van der Waals surface area (Å²) in [6.45, 7) is 4.94. The summed E-state index contributed by atoms with van der Waals surface area (Å²) >= 11 is 0. The minimum atomic E-state index is 0.433. The van der Waals surface area contributed by atoms with Gasteiger partial charge in [-0.3, -0.25) is 4.68 Å². The third-order valence-corrected chi connectivity index (χ3v) is 5.14. The number of nitriles is 1. The van der Waals surface area contributed by atoms with Gasteiger partial charge in [-0.15, -0.1) is 0 Å². The number of nitrogen functional groups attached to an aromatic ring is 1. The molecule has 4 aromatic rings. The number of nitrogens with one attached hydrogen (secondary N) is 1. The van der Waals surface area contributed by atoms with Crippen LogP contribution in [-0.4, -0.2) is 31.8 Å². The molecule has 0 aliphatic heterocycles. The number of aryl methyl sites for hydroxylation is 2. The predicted molar refractivity (Wildman–Crippen MR) is 118 cm³/mol. The Morgan fingerprint density at radius 2 is 2.06 bits per heavy atom. The van der Waals surface area contributed by atoms with Crippen LogP contribution in [0.2, 0.25) is 0 Å². The molecule has 0 saturated heterocycles. The van der Waals surface area contributed by atoms with Gasteiger partial charge in [-0.25, -0.2) is 15.0 Å². The summed E-state index contributed by atoms with van der Waals surface area (Å²) in [7, 11) is 1.58. The Hall–Kier alpha value is -4.19. The average molecular weight is 414 g/mol. The number of hydrogen-bond donors (Lipinski definition) is 2. The van der Waals surface area contributed by atoms with Crippen LogP contribution in [0.15, 0.2) is 36.8 Å². The van der Waals surface area contributed by atoms with E-state index in [9.17, 15) is 5.26 Å². The Morgan fingerprint density at radius 3 is 2.81 bits per heavy atom. The molecule has 3 heterocycles. The molecule has 31 heavy (non-hydrogen) atoms. The third kappa shape index (κ3) is 4.09. The fourth-order valence-electron chi connectivity index (χ4n) is 3.53. The summed E-state index contributed by atoms with van der Waals surface area (Å²) in [4.78, 5) is 13.0. The van der Waals surface area contributed by atoms with Gasteiger partial charge in [-0.1, -0.05) is 6.07 Å². The summed E-state index contributed by atoms with van der Waals surface area (Å²) in [6.07, 6.45) is 3.36. The van der Waals surface area contributed by atoms with E-state index >= 15 is 0 Å². The van der Waals surface area contributed by atoms with Crippen LogP contribution in [0.5, 0.6) is 5.75 Å². The van der Waals surface area contributed by atoms with Crippen molar-refractivity contribution >= 4 is 22.7 Å². The Morgan fingerprint density at radius 1 is 1.23 bits per heavy atom. The smallest absolute Gasteiger partial charge is 0.186 e. The number of fused-ring (bicyclic) bond motifs is 1. The second kappa shape index (κ2) is 8.28. The van der Waals surface area contributed by atoms with E-state index < -0.39 is 0 Å². The van der Waals surface area contributed by atoms with Crippen molar-refractivity contribution in [2.75, 3.05) is 18.2 Å². The van der Waals surface area contributed by atoms with Gasteiger partial charge in [0, 0.05) is 18.4 Å². The first kappa shape index (κ1) is 20.1. The van der Waals surface area contributed by atoms with E-state index in [1.807, 2.05) is 38.2 Å². The van der Waals surface area contributed by atoms with E-state index in [2.05, 4.69) is 31.4 Å². The molecule has 0 aliphatic carbocycles. The van der Waals surface area contributed by atoms with Gasteiger partial charge >= 0.3 is 0 Å². The van der Waals surface area contributed by atoms with Crippen molar-refractivity contribution in [2.24, 2.45) is 0 Å². The summed E-state index contributed by atoms with van der Waals surface area (Å²) in [6, 6.07) is 9.49. The zero-order valence-electron chi connectivity index (χ0n) is 17.5. The Bertz CT molecular complexity index is 1280. The summed E-state index contributed by atoms with van der Waals surface area (Å²) < 4.78 is 6.96. The highest BCUT2D eigenvalue weighted by Crippen LogP contribution is 2.23. The lowest BCUT2D eigenvalue weighted by molar-refractivity contribution is 0.414. The third-order valence-electron chi connectivity index (χ3n) is 5.14. The molecule has 0 amide bonds. The van der Waals surface area contributed by atoms with Crippen molar-refractivity contribution in [2.45, 2.75) is 26.9 Å². The predicted octanol–water partition coefficient (Wildman–Crippen LogP) is 2.96. The molecule has 0 aliphatic rings. The van der Waals surface area contributed by atoms with Crippen molar-refractivity contribution in [1.82, 2.24) is 24.7 Å². The number of nitrogens with two attached hydrogens (primary N) is 1. The Kier molecular flexibility index (Phi) is 5.37. The van der Waals surface area contributed by atoms with Crippen molar-refractivity contribution in [1.29, 1.82) is 5.26 Å². The fraction of sp³-hybridized carbons (Fsp3) is 0.227. The number of nitrogens with zero attached hydrogens (tertiary/aromatic N) is 6. The topological polar surface area (TPSA) is 128 Å². The van der Waals surface area contributed by atoms with Gasteiger partial charge in [0.15, 0.2) is 5.65 Å². The molecular weight excluding hydrogens is 392 g/mol. The Balaban J connectivity index is 1.60. The number of hydrogen-bond acceptors (Lipinski definition) is 8. The molecule has 4 rings (SSSR count). The highest BCUT2D eigenvalue weighted by molar-refractivity contribution is 5.85. The minimum Gasteiger partial charge on any atom is -0.497 e. The van der Waals surface area contributed by atoms with Crippen LogP contribution in [0.4, 0.5) is 11.6 Å². The second-order valence-corrected chi connectivity index (χ2v) is 7.20. The molecule has 0 bridgehead atoms. The number of pyridine rings is 1. The molecular formula is C22H22N8O. The quantitative estimate of drug-likeness (QED) is 0.493.